The van der Waals surface area contributed by atoms with Crippen LogP contribution in [0, 0.1) is 11.6 Å². The van der Waals surface area contributed by atoms with Crippen molar-refractivity contribution in [1.82, 2.24) is 9.66 Å². The minimum atomic E-state index is 0.531. The minimum Gasteiger partial charge on any atom is -0.320 e. The molecule has 0 atom stereocenters. The van der Waals surface area contributed by atoms with Crippen LogP contribution in [0.25, 0.3) is 11.0 Å². The third kappa shape index (κ3) is 2.01. The highest BCUT2D eigenvalue weighted by molar-refractivity contribution is 7.71. The zero-order chi connectivity index (χ0) is 12.5. The lowest BCUT2D eigenvalue weighted by Gasteiger charge is -2.19. The van der Waals surface area contributed by atoms with Gasteiger partial charge >= 0.3 is 0 Å². The van der Waals surface area contributed by atoms with Crippen LogP contribution in [0.1, 0.15) is 31.2 Å². The van der Waals surface area contributed by atoms with Crippen molar-refractivity contribution in [3.63, 3.8) is 0 Å². The average Bonchev–Trinajstić information content (AvgIpc) is 2.88. The fraction of sp³-hybridized carbons (Fsp3) is 0.429. The highest BCUT2D eigenvalue weighted by Crippen LogP contribution is 2.21. The predicted molar refractivity (Wildman–Crippen MR) is 76.9 cm³/mol. The second-order valence-corrected chi connectivity index (χ2v) is 5.38. The quantitative estimate of drug-likeness (QED) is 0.836. The molecule has 1 N–H and O–H groups in total. The van der Waals surface area contributed by atoms with Crippen LogP contribution in [0.2, 0.25) is 0 Å². The zero-order valence-electron chi connectivity index (χ0n) is 10.5. The van der Waals surface area contributed by atoms with Gasteiger partial charge in [0.25, 0.3) is 0 Å². The maximum atomic E-state index is 5.52. The van der Waals surface area contributed by atoms with Gasteiger partial charge in [-0.05, 0) is 43.5 Å². The first kappa shape index (κ1) is 11.7. The summed E-state index contributed by atoms with van der Waals surface area (Å²) in [5.41, 5.74) is 5.59. The molecule has 0 radical (unpaired) electrons. The highest BCUT2D eigenvalue weighted by atomic mass is 32.1. The summed E-state index contributed by atoms with van der Waals surface area (Å²) in [4.78, 5) is 4.46. The molecule has 0 saturated heterocycles. The Morgan fingerprint density at radius 2 is 2.17 bits per heavy atom. The smallest absolute Gasteiger partial charge is 0.159 e. The Morgan fingerprint density at radius 3 is 2.94 bits per heavy atom. The molecule has 0 spiro atoms. The van der Waals surface area contributed by atoms with Gasteiger partial charge in [-0.3, -0.25) is 0 Å². The Hall–Kier alpha value is -1.42. The first-order valence-electron chi connectivity index (χ1n) is 6.49. The summed E-state index contributed by atoms with van der Waals surface area (Å²) in [5.74, 6) is 0. The van der Waals surface area contributed by atoms with Crippen molar-refractivity contribution >= 4 is 23.3 Å². The number of aryl methyl sites for hydroxylation is 1. The lowest BCUT2D eigenvalue weighted by Crippen LogP contribution is -2.27. The van der Waals surface area contributed by atoms with Crippen LogP contribution in [0.15, 0.2) is 24.4 Å². The van der Waals surface area contributed by atoms with Crippen LogP contribution in [0.3, 0.4) is 0 Å². The van der Waals surface area contributed by atoms with Crippen LogP contribution in [0.5, 0.6) is 0 Å². The Morgan fingerprint density at radius 1 is 1.39 bits per heavy atom. The van der Waals surface area contributed by atoms with E-state index >= 15 is 0 Å². The lowest BCUT2D eigenvalue weighted by molar-refractivity contribution is 0.657. The van der Waals surface area contributed by atoms with E-state index in [1.54, 1.807) is 0 Å². The van der Waals surface area contributed by atoms with Crippen molar-refractivity contribution in [1.29, 1.82) is 0 Å². The van der Waals surface area contributed by atoms with E-state index in [1.807, 2.05) is 16.9 Å². The van der Waals surface area contributed by atoms with Crippen molar-refractivity contribution < 1.29 is 0 Å². The summed E-state index contributed by atoms with van der Waals surface area (Å²) in [6.07, 6.45) is 6.89. The molecule has 0 bridgehead atoms. The number of nitrogens with one attached hydrogen (secondary N) is 1. The van der Waals surface area contributed by atoms with Crippen LogP contribution >= 0.6 is 12.2 Å². The average molecular weight is 259 g/mol. The molecule has 2 aromatic heterocycles. The molecule has 18 heavy (non-hydrogen) atoms. The van der Waals surface area contributed by atoms with Gasteiger partial charge in [-0.2, -0.15) is 0 Å². The molecular weight excluding hydrogens is 242 g/mol. The summed E-state index contributed by atoms with van der Waals surface area (Å²) in [6.45, 7) is 2.06. The standard InChI is InChI=1S/C14H17N3S/c1-10-9-11-5-4-8-15-13(11)17(14(10)18)16-12-6-2-3-7-12/h4-5,8-9,12,16H,2-3,6-7H2,1H3. The Kier molecular flexibility index (Phi) is 3.04. The number of pyridine rings is 2. The molecule has 0 unspecified atom stereocenters. The first-order chi connectivity index (χ1) is 8.75. The van der Waals surface area contributed by atoms with E-state index in [0.717, 1.165) is 21.2 Å². The van der Waals surface area contributed by atoms with E-state index in [9.17, 15) is 0 Å². The first-order valence-corrected chi connectivity index (χ1v) is 6.90. The Balaban J connectivity index is 2.12. The van der Waals surface area contributed by atoms with Gasteiger partial charge in [0.1, 0.15) is 4.64 Å². The van der Waals surface area contributed by atoms with Crippen LogP contribution in [0.4, 0.5) is 0 Å². The van der Waals surface area contributed by atoms with Gasteiger partial charge in [-0.15, -0.1) is 0 Å². The lowest BCUT2D eigenvalue weighted by atomic mass is 10.2. The topological polar surface area (TPSA) is 29.9 Å². The SMILES string of the molecule is Cc1cc2cccnc2n(NC2CCCC2)c1=S. The maximum Gasteiger partial charge on any atom is 0.159 e. The number of hydrogen-bond acceptors (Lipinski definition) is 3. The van der Waals surface area contributed by atoms with Gasteiger partial charge in [0.05, 0.1) is 0 Å². The molecule has 3 nitrogen and oxygen atoms in total. The molecule has 2 aromatic rings. The molecule has 3 rings (SSSR count). The summed E-state index contributed by atoms with van der Waals surface area (Å²) in [7, 11) is 0. The van der Waals surface area contributed by atoms with E-state index in [-0.39, 0.29) is 0 Å². The molecule has 1 saturated carbocycles. The van der Waals surface area contributed by atoms with Crippen molar-refractivity contribution in [3.05, 3.63) is 34.6 Å². The summed E-state index contributed by atoms with van der Waals surface area (Å²) in [5, 5.41) is 1.13. The second kappa shape index (κ2) is 4.69. The van der Waals surface area contributed by atoms with Crippen LogP contribution < -0.4 is 5.43 Å². The fourth-order valence-corrected chi connectivity index (χ4v) is 2.83. The minimum absolute atomic E-state index is 0.531. The van der Waals surface area contributed by atoms with Crippen molar-refractivity contribution in [3.8, 4) is 0 Å². The molecule has 0 aromatic carbocycles. The Bertz CT molecular complexity index is 626. The van der Waals surface area contributed by atoms with Crippen LogP contribution in [-0.4, -0.2) is 15.7 Å². The van der Waals surface area contributed by atoms with E-state index in [0.29, 0.717) is 6.04 Å². The van der Waals surface area contributed by atoms with E-state index in [4.69, 9.17) is 12.2 Å². The Labute approximate surface area is 112 Å². The second-order valence-electron chi connectivity index (χ2n) is 4.99. The fourth-order valence-electron chi connectivity index (χ4n) is 2.63. The number of fused-ring (bicyclic) bond motifs is 1. The summed E-state index contributed by atoms with van der Waals surface area (Å²) < 4.78 is 2.84. The maximum absolute atomic E-state index is 5.52. The van der Waals surface area contributed by atoms with E-state index < -0.39 is 0 Å². The van der Waals surface area contributed by atoms with E-state index in [1.165, 1.54) is 25.7 Å². The third-order valence-electron chi connectivity index (χ3n) is 3.61. The molecule has 94 valence electrons. The normalized spacial score (nSPS) is 16.3. The van der Waals surface area contributed by atoms with Crippen molar-refractivity contribution in [2.45, 2.75) is 38.6 Å². The summed E-state index contributed by atoms with van der Waals surface area (Å²) >= 11 is 5.52. The zero-order valence-corrected chi connectivity index (χ0v) is 11.3. The molecule has 0 aliphatic heterocycles. The highest BCUT2D eigenvalue weighted by Gasteiger charge is 2.16. The number of aromatic nitrogens is 2. The molecule has 2 heterocycles. The van der Waals surface area contributed by atoms with E-state index in [2.05, 4.69) is 29.5 Å². The monoisotopic (exact) mass is 259 g/mol. The van der Waals surface area contributed by atoms with Crippen molar-refractivity contribution in [2.24, 2.45) is 0 Å². The molecule has 1 aliphatic rings. The van der Waals surface area contributed by atoms with Gasteiger partial charge < -0.3 is 5.43 Å². The largest absolute Gasteiger partial charge is 0.320 e. The van der Waals surface area contributed by atoms with Gasteiger partial charge in [-0.25, -0.2) is 9.66 Å². The molecule has 1 aliphatic carbocycles. The van der Waals surface area contributed by atoms with Gasteiger partial charge in [-0.1, -0.05) is 25.1 Å². The molecule has 0 amide bonds. The van der Waals surface area contributed by atoms with Crippen molar-refractivity contribution in [2.75, 3.05) is 5.43 Å². The molecule has 1 fully saturated rings. The van der Waals surface area contributed by atoms with Gasteiger partial charge in [0.15, 0.2) is 5.65 Å². The number of nitrogens with zero attached hydrogens (tertiary/aromatic N) is 2. The van der Waals surface area contributed by atoms with Gasteiger partial charge in [0.2, 0.25) is 0 Å². The third-order valence-corrected chi connectivity index (χ3v) is 4.11. The molecule has 4 heteroatoms. The molecular formula is C14H17N3S. The predicted octanol–water partition coefficient (Wildman–Crippen LogP) is 3.56. The number of rotatable bonds is 2. The van der Waals surface area contributed by atoms with Crippen LogP contribution in [-0.2, 0) is 0 Å². The summed E-state index contributed by atoms with van der Waals surface area (Å²) in [6, 6.07) is 6.68. The number of hydrogen-bond donors (Lipinski definition) is 1. The van der Waals surface area contributed by atoms with Gasteiger partial charge in [0, 0.05) is 17.6 Å².